The number of rotatable bonds is 5. The van der Waals surface area contributed by atoms with Crippen molar-refractivity contribution in [2.45, 2.75) is 6.73 Å². The summed E-state index contributed by atoms with van der Waals surface area (Å²) in [7, 11) is 0. The first kappa shape index (κ1) is 17.2. The Labute approximate surface area is 146 Å². The Morgan fingerprint density at radius 2 is 1.96 bits per heavy atom. The largest absolute Gasteiger partial charge is 0.441 e. The van der Waals surface area contributed by atoms with E-state index < -0.39 is 36.5 Å². The van der Waals surface area contributed by atoms with Gasteiger partial charge >= 0.3 is 5.97 Å². The van der Waals surface area contributed by atoms with Gasteiger partial charge in [-0.05, 0) is 30.3 Å². The molecular formula is C17H13FN4O4. The van der Waals surface area contributed by atoms with Crippen molar-refractivity contribution in [1.29, 1.82) is 0 Å². The molecule has 3 rings (SSSR count). The minimum Gasteiger partial charge on any atom is -0.441 e. The molecule has 0 spiro atoms. The van der Waals surface area contributed by atoms with Gasteiger partial charge in [0.05, 0.1) is 5.39 Å². The van der Waals surface area contributed by atoms with Crippen molar-refractivity contribution in [2.24, 2.45) is 0 Å². The number of ether oxygens (including phenoxy) is 1. The van der Waals surface area contributed by atoms with Crippen molar-refractivity contribution in [3.8, 4) is 0 Å². The van der Waals surface area contributed by atoms with E-state index >= 15 is 0 Å². The van der Waals surface area contributed by atoms with Gasteiger partial charge in [0.25, 0.3) is 11.5 Å². The van der Waals surface area contributed by atoms with Crippen LogP contribution in [-0.2, 0) is 16.3 Å². The Balaban J connectivity index is 1.57. The zero-order valence-corrected chi connectivity index (χ0v) is 13.4. The first-order chi connectivity index (χ1) is 12.5. The summed E-state index contributed by atoms with van der Waals surface area (Å²) in [4.78, 5) is 35.7. The molecular weight excluding hydrogens is 343 g/mol. The highest BCUT2D eigenvalue weighted by atomic mass is 19.1. The molecule has 0 fully saturated rings. The lowest BCUT2D eigenvalue weighted by molar-refractivity contribution is -0.146. The van der Waals surface area contributed by atoms with Crippen molar-refractivity contribution >= 4 is 22.8 Å². The number of nitrogens with zero attached hydrogens (tertiary/aromatic N) is 3. The quantitative estimate of drug-likeness (QED) is 0.680. The van der Waals surface area contributed by atoms with Crippen LogP contribution in [0.2, 0.25) is 0 Å². The average Bonchev–Trinajstić information content (AvgIpc) is 2.65. The minimum absolute atomic E-state index is 0.0782. The van der Waals surface area contributed by atoms with Gasteiger partial charge in [-0.2, -0.15) is 4.68 Å². The molecule has 0 bridgehead atoms. The van der Waals surface area contributed by atoms with E-state index in [1.807, 2.05) is 0 Å². The van der Waals surface area contributed by atoms with Crippen molar-refractivity contribution in [1.82, 2.24) is 20.3 Å². The maximum absolute atomic E-state index is 13.1. The highest BCUT2D eigenvalue weighted by Gasteiger charge is 2.11. The van der Waals surface area contributed by atoms with E-state index in [-0.39, 0.29) is 5.56 Å². The lowest BCUT2D eigenvalue weighted by Gasteiger charge is -2.08. The molecule has 0 saturated heterocycles. The Morgan fingerprint density at radius 1 is 1.15 bits per heavy atom. The topological polar surface area (TPSA) is 103 Å². The third-order valence-corrected chi connectivity index (χ3v) is 3.46. The summed E-state index contributed by atoms with van der Waals surface area (Å²) in [6.07, 6.45) is 0. The van der Waals surface area contributed by atoms with Gasteiger partial charge in [-0.25, -0.2) is 4.39 Å². The third-order valence-electron chi connectivity index (χ3n) is 3.46. The van der Waals surface area contributed by atoms with Crippen LogP contribution in [0, 0.1) is 5.82 Å². The molecule has 0 saturated carbocycles. The monoisotopic (exact) mass is 356 g/mol. The van der Waals surface area contributed by atoms with Gasteiger partial charge in [0.2, 0.25) is 0 Å². The molecule has 8 nitrogen and oxygen atoms in total. The predicted molar refractivity (Wildman–Crippen MR) is 88.6 cm³/mol. The molecule has 0 atom stereocenters. The third kappa shape index (κ3) is 3.89. The molecule has 3 aromatic rings. The summed E-state index contributed by atoms with van der Waals surface area (Å²) in [6, 6.07) is 11.7. The highest BCUT2D eigenvalue weighted by molar-refractivity contribution is 5.95. The van der Waals surface area contributed by atoms with Crippen LogP contribution < -0.4 is 10.9 Å². The van der Waals surface area contributed by atoms with Gasteiger partial charge in [0.15, 0.2) is 6.73 Å². The summed E-state index contributed by atoms with van der Waals surface area (Å²) in [5, 5.41) is 10.2. The molecule has 0 aliphatic rings. The number of hydrogen-bond acceptors (Lipinski definition) is 6. The fourth-order valence-electron chi connectivity index (χ4n) is 2.18. The number of aromatic nitrogens is 3. The number of halogens is 1. The lowest BCUT2D eigenvalue weighted by atomic mass is 10.2. The number of benzene rings is 2. The smallest absolute Gasteiger partial charge is 0.327 e. The number of fused-ring (bicyclic) bond motifs is 1. The summed E-state index contributed by atoms with van der Waals surface area (Å²) < 4.78 is 18.9. The zero-order valence-electron chi connectivity index (χ0n) is 13.4. The Morgan fingerprint density at radius 3 is 2.77 bits per heavy atom. The summed E-state index contributed by atoms with van der Waals surface area (Å²) in [6.45, 7) is -0.879. The van der Waals surface area contributed by atoms with E-state index in [0.717, 1.165) is 10.7 Å². The predicted octanol–water partition coefficient (Wildman–Crippen LogP) is 0.861. The molecule has 1 amide bonds. The first-order valence-electron chi connectivity index (χ1n) is 7.56. The fourth-order valence-corrected chi connectivity index (χ4v) is 2.18. The molecule has 9 heteroatoms. The van der Waals surface area contributed by atoms with Crippen LogP contribution in [0.5, 0.6) is 0 Å². The number of carbonyl (C=O) groups excluding carboxylic acids is 2. The SMILES string of the molecule is O=C(CNC(=O)c1cccc(F)c1)OCn1nnc2ccccc2c1=O. The van der Waals surface area contributed by atoms with Crippen LogP contribution in [0.3, 0.4) is 0 Å². The summed E-state index contributed by atoms with van der Waals surface area (Å²) in [5.74, 6) is -1.96. The van der Waals surface area contributed by atoms with Crippen molar-refractivity contribution in [3.05, 3.63) is 70.3 Å². The van der Waals surface area contributed by atoms with E-state index in [1.165, 1.54) is 18.2 Å². The van der Waals surface area contributed by atoms with Crippen molar-refractivity contribution in [2.75, 3.05) is 6.54 Å². The molecule has 132 valence electrons. The standard InChI is InChI=1S/C17H13FN4O4/c18-12-5-3-4-11(8-12)16(24)19-9-15(23)26-10-22-17(25)13-6-1-2-7-14(13)20-21-22/h1-8H,9-10H2,(H,19,24). The number of carbonyl (C=O) groups is 2. The molecule has 1 heterocycles. The molecule has 0 unspecified atom stereocenters. The number of nitrogens with one attached hydrogen (secondary N) is 1. The Bertz CT molecular complexity index is 1030. The second-order valence-electron chi connectivity index (χ2n) is 5.25. The van der Waals surface area contributed by atoms with E-state index in [0.29, 0.717) is 10.9 Å². The molecule has 26 heavy (non-hydrogen) atoms. The Hall–Kier alpha value is -3.62. The normalized spacial score (nSPS) is 10.5. The van der Waals surface area contributed by atoms with Gasteiger partial charge < -0.3 is 10.1 Å². The van der Waals surface area contributed by atoms with Gasteiger partial charge in [-0.15, -0.1) is 5.10 Å². The van der Waals surface area contributed by atoms with Crippen LogP contribution >= 0.6 is 0 Å². The average molecular weight is 356 g/mol. The molecule has 2 aromatic carbocycles. The van der Waals surface area contributed by atoms with E-state index in [1.54, 1.807) is 24.3 Å². The maximum atomic E-state index is 13.1. The zero-order chi connectivity index (χ0) is 18.5. The van der Waals surface area contributed by atoms with E-state index in [2.05, 4.69) is 15.6 Å². The minimum atomic E-state index is -0.781. The van der Waals surface area contributed by atoms with Gasteiger partial charge in [0.1, 0.15) is 17.9 Å². The van der Waals surface area contributed by atoms with Gasteiger partial charge in [-0.3, -0.25) is 14.4 Å². The van der Waals surface area contributed by atoms with Gasteiger partial charge in [-0.1, -0.05) is 23.4 Å². The second-order valence-corrected chi connectivity index (χ2v) is 5.25. The number of esters is 1. The van der Waals surface area contributed by atoms with Crippen LogP contribution in [-0.4, -0.2) is 33.4 Å². The first-order valence-corrected chi connectivity index (χ1v) is 7.56. The summed E-state index contributed by atoms with van der Waals surface area (Å²) in [5.41, 5.74) is 0.0593. The van der Waals surface area contributed by atoms with E-state index in [4.69, 9.17) is 4.74 Å². The van der Waals surface area contributed by atoms with E-state index in [9.17, 15) is 18.8 Å². The van der Waals surface area contributed by atoms with Crippen LogP contribution in [0.4, 0.5) is 4.39 Å². The van der Waals surface area contributed by atoms with Crippen molar-refractivity contribution in [3.63, 3.8) is 0 Å². The molecule has 0 radical (unpaired) electrons. The molecule has 0 aliphatic heterocycles. The van der Waals surface area contributed by atoms with Crippen LogP contribution in [0.25, 0.3) is 10.9 Å². The van der Waals surface area contributed by atoms with Crippen molar-refractivity contribution < 1.29 is 18.7 Å². The molecule has 1 aromatic heterocycles. The number of amides is 1. The fraction of sp³-hybridized carbons (Fsp3) is 0.118. The van der Waals surface area contributed by atoms with Crippen LogP contribution in [0.1, 0.15) is 10.4 Å². The van der Waals surface area contributed by atoms with Crippen LogP contribution in [0.15, 0.2) is 53.3 Å². The highest BCUT2D eigenvalue weighted by Crippen LogP contribution is 2.04. The number of hydrogen-bond donors (Lipinski definition) is 1. The lowest BCUT2D eigenvalue weighted by Crippen LogP contribution is -2.32. The van der Waals surface area contributed by atoms with Gasteiger partial charge in [0, 0.05) is 5.56 Å². The molecule has 1 N–H and O–H groups in total. The maximum Gasteiger partial charge on any atom is 0.327 e. The second kappa shape index (κ2) is 7.51. The summed E-state index contributed by atoms with van der Waals surface area (Å²) >= 11 is 0. The Kier molecular flexibility index (Phi) is 4.97. The molecule has 0 aliphatic carbocycles.